The number of benzene rings is 3. The first-order valence-corrected chi connectivity index (χ1v) is 11.8. The number of anilines is 1. The first kappa shape index (κ1) is 23.3. The highest BCUT2D eigenvalue weighted by molar-refractivity contribution is 7.80. The van der Waals surface area contributed by atoms with Crippen molar-refractivity contribution in [1.29, 1.82) is 0 Å². The van der Waals surface area contributed by atoms with E-state index in [0.717, 1.165) is 44.8 Å². The molecule has 178 valence electrons. The molecule has 3 aromatic carbocycles. The molecule has 0 saturated carbocycles. The van der Waals surface area contributed by atoms with Crippen molar-refractivity contribution in [2.24, 2.45) is 0 Å². The largest absolute Gasteiger partial charge is 0.457 e. The number of amides is 1. The van der Waals surface area contributed by atoms with Gasteiger partial charge >= 0.3 is 0 Å². The minimum Gasteiger partial charge on any atom is -0.457 e. The zero-order chi connectivity index (χ0) is 25.1. The number of aryl methyl sites for hydroxylation is 2. The summed E-state index contributed by atoms with van der Waals surface area (Å²) in [7, 11) is 0. The van der Waals surface area contributed by atoms with E-state index in [0.29, 0.717) is 11.7 Å². The molecule has 0 aliphatic carbocycles. The lowest BCUT2D eigenvalue weighted by molar-refractivity contribution is -0.115. The number of hydrogen-bond acceptors (Lipinski definition) is 5. The zero-order valence-corrected chi connectivity index (χ0v) is 20.6. The number of thiocarbonyl (C=S) groups is 1. The molecule has 0 aliphatic rings. The number of nitrogens with zero attached hydrogens (tertiary/aromatic N) is 1. The van der Waals surface area contributed by atoms with Crippen LogP contribution in [0.4, 0.5) is 5.69 Å². The second-order valence-corrected chi connectivity index (χ2v) is 8.77. The number of nitrogens with one attached hydrogen (secondary N) is 2. The molecule has 0 saturated heterocycles. The lowest BCUT2D eigenvalue weighted by Crippen LogP contribution is -2.33. The van der Waals surface area contributed by atoms with Gasteiger partial charge in [-0.3, -0.25) is 10.1 Å². The number of carbonyl (C=O) groups is 1. The molecule has 0 aliphatic heterocycles. The van der Waals surface area contributed by atoms with Crippen LogP contribution in [-0.4, -0.2) is 16.0 Å². The second kappa shape index (κ2) is 10.0. The molecular formula is C29H23N3O3S. The first-order valence-electron chi connectivity index (χ1n) is 11.4. The first-order chi connectivity index (χ1) is 17.4. The van der Waals surface area contributed by atoms with Crippen molar-refractivity contribution in [1.82, 2.24) is 10.3 Å². The smallest absolute Gasteiger partial charge is 0.250 e. The highest BCUT2D eigenvalue weighted by atomic mass is 32.1. The van der Waals surface area contributed by atoms with Gasteiger partial charge in [0.15, 0.2) is 10.7 Å². The Balaban J connectivity index is 1.24. The van der Waals surface area contributed by atoms with E-state index < -0.39 is 0 Å². The Morgan fingerprint density at radius 3 is 2.58 bits per heavy atom. The van der Waals surface area contributed by atoms with E-state index in [4.69, 9.17) is 21.1 Å². The van der Waals surface area contributed by atoms with Gasteiger partial charge in [-0.2, -0.15) is 0 Å². The van der Waals surface area contributed by atoms with Gasteiger partial charge < -0.3 is 14.2 Å². The minimum atomic E-state index is -0.367. The summed E-state index contributed by atoms with van der Waals surface area (Å²) in [5, 5.41) is 5.94. The van der Waals surface area contributed by atoms with Crippen LogP contribution in [0.1, 0.15) is 16.9 Å². The molecule has 5 aromatic rings. The number of rotatable bonds is 5. The lowest BCUT2D eigenvalue weighted by atomic mass is 10.1. The average molecular weight is 494 g/mol. The summed E-state index contributed by atoms with van der Waals surface area (Å²) in [6, 6.07) is 25.1. The number of fused-ring (bicyclic) bond motifs is 1. The summed E-state index contributed by atoms with van der Waals surface area (Å²) >= 11 is 5.36. The van der Waals surface area contributed by atoms with Crippen LogP contribution in [-0.2, 0) is 4.79 Å². The van der Waals surface area contributed by atoms with Crippen molar-refractivity contribution in [3.05, 3.63) is 102 Å². The Labute approximate surface area is 213 Å². The molecule has 0 radical (unpaired) electrons. The van der Waals surface area contributed by atoms with E-state index in [2.05, 4.69) is 15.6 Å². The number of oxazole rings is 1. The van der Waals surface area contributed by atoms with Gasteiger partial charge in [0.2, 0.25) is 11.8 Å². The molecule has 7 heteroatoms. The van der Waals surface area contributed by atoms with Crippen LogP contribution in [0.2, 0.25) is 0 Å². The van der Waals surface area contributed by atoms with Crippen molar-refractivity contribution < 1.29 is 13.6 Å². The summed E-state index contributed by atoms with van der Waals surface area (Å²) in [5.74, 6) is 1.45. The van der Waals surface area contributed by atoms with Crippen LogP contribution in [0.5, 0.6) is 0 Å². The van der Waals surface area contributed by atoms with E-state index in [-0.39, 0.29) is 11.0 Å². The molecule has 0 fully saturated rings. The van der Waals surface area contributed by atoms with Crippen LogP contribution >= 0.6 is 12.2 Å². The molecule has 0 atom stereocenters. The Bertz CT molecular complexity index is 1600. The van der Waals surface area contributed by atoms with Crippen molar-refractivity contribution >= 4 is 46.1 Å². The average Bonchev–Trinajstić information content (AvgIpc) is 3.51. The summed E-state index contributed by atoms with van der Waals surface area (Å²) in [6.45, 7) is 3.97. The highest BCUT2D eigenvalue weighted by Crippen LogP contribution is 2.28. The van der Waals surface area contributed by atoms with Crippen LogP contribution < -0.4 is 10.6 Å². The van der Waals surface area contributed by atoms with E-state index in [9.17, 15) is 4.79 Å². The molecule has 2 N–H and O–H groups in total. The molecule has 1 amide bonds. The molecule has 0 unspecified atom stereocenters. The number of aromatic nitrogens is 1. The Morgan fingerprint density at radius 2 is 1.75 bits per heavy atom. The number of hydrogen-bond donors (Lipinski definition) is 2. The van der Waals surface area contributed by atoms with Gasteiger partial charge in [-0.15, -0.1) is 0 Å². The van der Waals surface area contributed by atoms with Crippen LogP contribution in [0.3, 0.4) is 0 Å². The fourth-order valence-electron chi connectivity index (χ4n) is 3.72. The molecule has 2 heterocycles. The molecule has 0 spiro atoms. The van der Waals surface area contributed by atoms with Gasteiger partial charge in [-0.1, -0.05) is 42.5 Å². The summed E-state index contributed by atoms with van der Waals surface area (Å²) in [5.41, 5.74) is 6.14. The maximum Gasteiger partial charge on any atom is 0.250 e. The van der Waals surface area contributed by atoms with Crippen LogP contribution in [0.25, 0.3) is 40.0 Å². The number of carbonyl (C=O) groups excluding carboxylic acids is 1. The summed E-state index contributed by atoms with van der Waals surface area (Å²) in [6.07, 6.45) is 2.98. The monoisotopic (exact) mass is 493 g/mol. The van der Waals surface area contributed by atoms with Gasteiger partial charge in [0.1, 0.15) is 17.0 Å². The second-order valence-electron chi connectivity index (χ2n) is 8.36. The maximum atomic E-state index is 12.4. The molecule has 36 heavy (non-hydrogen) atoms. The van der Waals surface area contributed by atoms with E-state index in [1.807, 2.05) is 92.7 Å². The van der Waals surface area contributed by atoms with Gasteiger partial charge in [0.05, 0.1) is 0 Å². The van der Waals surface area contributed by atoms with E-state index in [1.165, 1.54) is 6.08 Å². The fourth-order valence-corrected chi connectivity index (χ4v) is 3.93. The predicted octanol–water partition coefficient (Wildman–Crippen LogP) is 6.90. The van der Waals surface area contributed by atoms with Gasteiger partial charge in [0.25, 0.3) is 0 Å². The highest BCUT2D eigenvalue weighted by Gasteiger charge is 2.12. The van der Waals surface area contributed by atoms with Gasteiger partial charge in [-0.05, 0) is 79.7 Å². The normalized spacial score (nSPS) is 11.2. The van der Waals surface area contributed by atoms with Crippen molar-refractivity contribution in [2.45, 2.75) is 13.8 Å². The fraction of sp³-hybridized carbons (Fsp3) is 0.0690. The Hall–Kier alpha value is -4.49. The number of furan rings is 1. The summed E-state index contributed by atoms with van der Waals surface area (Å²) < 4.78 is 11.7. The van der Waals surface area contributed by atoms with Crippen molar-refractivity contribution in [2.75, 3.05) is 5.32 Å². The lowest BCUT2D eigenvalue weighted by Gasteiger charge is -2.11. The maximum absolute atomic E-state index is 12.4. The van der Waals surface area contributed by atoms with Gasteiger partial charge in [-0.25, -0.2) is 4.98 Å². The zero-order valence-electron chi connectivity index (χ0n) is 19.7. The van der Waals surface area contributed by atoms with Crippen LogP contribution in [0, 0.1) is 13.8 Å². The third-order valence-corrected chi connectivity index (χ3v) is 5.80. The third kappa shape index (κ3) is 5.26. The summed E-state index contributed by atoms with van der Waals surface area (Å²) in [4.78, 5) is 17.0. The SMILES string of the molecule is Cc1ccc2oc(-c3ccc(C)c(NC(=S)NC(=O)/C=C/c4ccc(-c5ccccc5)o4)c3)nc2c1. The van der Waals surface area contributed by atoms with Gasteiger partial charge in [0, 0.05) is 22.9 Å². The Morgan fingerprint density at radius 1 is 0.917 bits per heavy atom. The van der Waals surface area contributed by atoms with E-state index >= 15 is 0 Å². The molecule has 6 nitrogen and oxygen atoms in total. The third-order valence-electron chi connectivity index (χ3n) is 5.60. The van der Waals surface area contributed by atoms with Crippen molar-refractivity contribution in [3.63, 3.8) is 0 Å². The molecule has 2 aromatic heterocycles. The quantitative estimate of drug-likeness (QED) is 0.205. The molecule has 5 rings (SSSR count). The Kier molecular flexibility index (Phi) is 6.47. The molecular weight excluding hydrogens is 470 g/mol. The van der Waals surface area contributed by atoms with Crippen molar-refractivity contribution in [3.8, 4) is 22.8 Å². The minimum absolute atomic E-state index is 0.183. The van der Waals surface area contributed by atoms with Crippen LogP contribution in [0.15, 0.2) is 93.8 Å². The standard InChI is InChI=1S/C29H23N3O3S/c1-18-8-13-26-24(16-18)30-28(35-26)21-10-9-19(2)23(17-21)31-29(36)32-27(33)15-12-22-11-14-25(34-22)20-6-4-3-5-7-20/h3-17H,1-2H3,(H2,31,32,33,36)/b15-12+. The predicted molar refractivity (Wildman–Crippen MR) is 146 cm³/mol. The molecule has 0 bridgehead atoms. The van der Waals surface area contributed by atoms with E-state index in [1.54, 1.807) is 6.08 Å². The topological polar surface area (TPSA) is 80.3 Å².